The van der Waals surface area contributed by atoms with Crippen molar-refractivity contribution in [3.63, 3.8) is 0 Å². The minimum Gasteiger partial charge on any atom is -0.381 e. The number of fused-ring (bicyclic) bond motifs is 1. The van der Waals surface area contributed by atoms with Crippen LogP contribution in [0.15, 0.2) is 42.0 Å². The van der Waals surface area contributed by atoms with Crippen LogP contribution in [-0.4, -0.2) is 29.4 Å². The first-order valence-corrected chi connectivity index (χ1v) is 12.1. The summed E-state index contributed by atoms with van der Waals surface area (Å²) in [7, 11) is 0. The van der Waals surface area contributed by atoms with Crippen molar-refractivity contribution < 1.29 is 13.9 Å². The third-order valence-corrected chi connectivity index (χ3v) is 7.29. The molecule has 0 spiro atoms. The Morgan fingerprint density at radius 3 is 2.68 bits per heavy atom. The maximum atomic E-state index is 14.7. The SMILES string of the molecule is CCCCCCc1sc2ncn(CC(O)(Cn3cncn3)c3ccc(F)cc3F)c(=O)c2c1C. The summed E-state index contributed by atoms with van der Waals surface area (Å²) in [6.45, 7) is 3.60. The molecule has 3 heterocycles. The van der Waals surface area contributed by atoms with Crippen LogP contribution in [0, 0.1) is 18.6 Å². The van der Waals surface area contributed by atoms with Crippen LogP contribution in [0.5, 0.6) is 0 Å². The van der Waals surface area contributed by atoms with Gasteiger partial charge in [0.15, 0.2) is 0 Å². The Morgan fingerprint density at radius 2 is 1.97 bits per heavy atom. The van der Waals surface area contributed by atoms with Crippen LogP contribution in [0.2, 0.25) is 0 Å². The molecule has 0 bridgehead atoms. The number of halogens is 2. The van der Waals surface area contributed by atoms with Gasteiger partial charge in [-0.05, 0) is 31.4 Å². The number of aryl methyl sites for hydroxylation is 2. The number of unbranched alkanes of at least 4 members (excludes halogenated alkanes) is 3. The zero-order valence-corrected chi connectivity index (χ0v) is 20.0. The van der Waals surface area contributed by atoms with E-state index < -0.39 is 17.2 Å². The normalized spacial score (nSPS) is 13.4. The standard InChI is InChI=1S/C24H27F2N5O2S/c1-3-4-5-6-7-20-16(2)21-22(34-20)28-15-30(23(21)32)11-24(33,12-31-14-27-13-29-31)18-9-8-17(25)10-19(18)26/h8-10,13-15,33H,3-7,11-12H2,1-2H3. The summed E-state index contributed by atoms with van der Waals surface area (Å²) in [5.41, 5.74) is -1.46. The zero-order valence-electron chi connectivity index (χ0n) is 19.2. The van der Waals surface area contributed by atoms with Gasteiger partial charge in [0.2, 0.25) is 0 Å². The lowest BCUT2D eigenvalue weighted by molar-refractivity contribution is -0.00641. The van der Waals surface area contributed by atoms with Gasteiger partial charge >= 0.3 is 0 Å². The summed E-state index contributed by atoms with van der Waals surface area (Å²) in [4.78, 5) is 23.5. The average Bonchev–Trinajstić information content (AvgIpc) is 3.41. The van der Waals surface area contributed by atoms with Crippen molar-refractivity contribution in [1.82, 2.24) is 24.3 Å². The largest absolute Gasteiger partial charge is 0.381 e. The van der Waals surface area contributed by atoms with E-state index in [1.54, 1.807) is 0 Å². The van der Waals surface area contributed by atoms with E-state index in [9.17, 15) is 18.7 Å². The molecule has 4 aromatic rings. The Labute approximate surface area is 199 Å². The Hall–Kier alpha value is -2.98. The van der Waals surface area contributed by atoms with Crippen molar-refractivity contribution in [2.45, 2.75) is 64.6 Å². The number of thiophene rings is 1. The molecule has 7 nitrogen and oxygen atoms in total. The van der Waals surface area contributed by atoms with E-state index in [1.807, 2.05) is 6.92 Å². The Kier molecular flexibility index (Phi) is 7.18. The second kappa shape index (κ2) is 10.1. The van der Waals surface area contributed by atoms with Crippen molar-refractivity contribution in [2.75, 3.05) is 0 Å². The fraction of sp³-hybridized carbons (Fsp3) is 0.417. The minimum absolute atomic E-state index is 0.143. The average molecular weight is 488 g/mol. The Bertz CT molecular complexity index is 1340. The van der Waals surface area contributed by atoms with E-state index in [0.717, 1.165) is 42.2 Å². The number of aromatic nitrogens is 5. The van der Waals surface area contributed by atoms with Crippen LogP contribution < -0.4 is 5.56 Å². The highest BCUT2D eigenvalue weighted by molar-refractivity contribution is 7.18. The summed E-state index contributed by atoms with van der Waals surface area (Å²) in [6, 6.07) is 2.96. The van der Waals surface area contributed by atoms with Gasteiger partial charge in [-0.25, -0.2) is 23.4 Å². The molecule has 10 heteroatoms. The van der Waals surface area contributed by atoms with Crippen molar-refractivity contribution in [2.24, 2.45) is 0 Å². The molecule has 0 fully saturated rings. The molecule has 0 amide bonds. The van der Waals surface area contributed by atoms with Crippen LogP contribution in [0.4, 0.5) is 8.78 Å². The maximum absolute atomic E-state index is 14.7. The number of hydrogen-bond acceptors (Lipinski definition) is 6. The minimum atomic E-state index is -1.91. The second-order valence-electron chi connectivity index (χ2n) is 8.57. The molecule has 1 N–H and O–H groups in total. The molecule has 0 saturated carbocycles. The van der Waals surface area contributed by atoms with Crippen LogP contribution in [-0.2, 0) is 25.1 Å². The molecule has 180 valence electrons. The fourth-order valence-electron chi connectivity index (χ4n) is 4.22. The van der Waals surface area contributed by atoms with Crippen molar-refractivity contribution in [1.29, 1.82) is 0 Å². The smallest absolute Gasteiger partial charge is 0.262 e. The van der Waals surface area contributed by atoms with Crippen LogP contribution in [0.25, 0.3) is 10.2 Å². The Morgan fingerprint density at radius 1 is 1.15 bits per heavy atom. The molecule has 0 aliphatic heterocycles. The van der Waals surface area contributed by atoms with Crippen molar-refractivity contribution in [3.05, 3.63) is 75.2 Å². The molecule has 1 unspecified atom stereocenters. The molecule has 1 atom stereocenters. The molecule has 0 aliphatic rings. The highest BCUT2D eigenvalue weighted by Crippen LogP contribution is 2.31. The summed E-state index contributed by atoms with van der Waals surface area (Å²) in [5, 5.41) is 16.1. The lowest BCUT2D eigenvalue weighted by atomic mass is 9.92. The monoisotopic (exact) mass is 487 g/mol. The van der Waals surface area contributed by atoms with E-state index in [4.69, 9.17) is 0 Å². The van der Waals surface area contributed by atoms with Gasteiger partial charge < -0.3 is 5.11 Å². The molecule has 4 rings (SSSR count). The molecule has 1 aromatic carbocycles. The summed E-state index contributed by atoms with van der Waals surface area (Å²) in [6.07, 6.45) is 9.46. The quantitative estimate of drug-likeness (QED) is 0.336. The third kappa shape index (κ3) is 4.92. The van der Waals surface area contributed by atoms with Gasteiger partial charge in [0, 0.05) is 16.5 Å². The topological polar surface area (TPSA) is 85.8 Å². The van der Waals surface area contributed by atoms with Gasteiger partial charge in [-0.3, -0.25) is 9.36 Å². The highest BCUT2D eigenvalue weighted by atomic mass is 32.1. The second-order valence-corrected chi connectivity index (χ2v) is 9.65. The van der Waals surface area contributed by atoms with E-state index in [1.165, 1.54) is 52.1 Å². The van der Waals surface area contributed by atoms with Crippen molar-refractivity contribution in [3.8, 4) is 0 Å². The first-order valence-electron chi connectivity index (χ1n) is 11.3. The first kappa shape index (κ1) is 24.2. The summed E-state index contributed by atoms with van der Waals surface area (Å²) < 4.78 is 30.9. The van der Waals surface area contributed by atoms with E-state index >= 15 is 0 Å². The molecular weight excluding hydrogens is 460 g/mol. The zero-order chi connectivity index (χ0) is 24.3. The van der Waals surface area contributed by atoms with Gasteiger partial charge in [-0.15, -0.1) is 11.3 Å². The number of hydrogen-bond donors (Lipinski definition) is 1. The maximum Gasteiger partial charge on any atom is 0.262 e. The van der Waals surface area contributed by atoms with Gasteiger partial charge in [0.05, 0.1) is 24.8 Å². The lowest BCUT2D eigenvalue weighted by Gasteiger charge is -2.29. The number of benzene rings is 1. The lowest BCUT2D eigenvalue weighted by Crippen LogP contribution is -2.40. The number of nitrogens with zero attached hydrogens (tertiary/aromatic N) is 5. The fourth-order valence-corrected chi connectivity index (χ4v) is 5.40. The molecular formula is C24H27F2N5O2S. The van der Waals surface area contributed by atoms with Crippen molar-refractivity contribution >= 4 is 21.6 Å². The number of aliphatic hydroxyl groups is 1. The van der Waals surface area contributed by atoms with Crippen LogP contribution in [0.1, 0.15) is 48.6 Å². The molecule has 34 heavy (non-hydrogen) atoms. The van der Waals surface area contributed by atoms with Gasteiger partial charge in [0.25, 0.3) is 5.56 Å². The Balaban J connectivity index is 1.71. The molecule has 3 aromatic heterocycles. The van der Waals surface area contributed by atoms with Gasteiger partial charge in [-0.1, -0.05) is 32.3 Å². The summed E-state index contributed by atoms with van der Waals surface area (Å²) in [5.74, 6) is -1.67. The molecule has 0 saturated heterocycles. The third-order valence-electron chi connectivity index (χ3n) is 6.03. The first-order chi connectivity index (χ1) is 16.3. The summed E-state index contributed by atoms with van der Waals surface area (Å²) >= 11 is 1.52. The highest BCUT2D eigenvalue weighted by Gasteiger charge is 2.35. The molecule has 0 aliphatic carbocycles. The van der Waals surface area contributed by atoms with E-state index in [2.05, 4.69) is 22.0 Å². The predicted octanol–water partition coefficient (Wildman–Crippen LogP) is 4.35. The molecule has 0 radical (unpaired) electrons. The van der Waals surface area contributed by atoms with Crippen LogP contribution >= 0.6 is 11.3 Å². The predicted molar refractivity (Wildman–Crippen MR) is 127 cm³/mol. The van der Waals surface area contributed by atoms with Gasteiger partial charge in [-0.2, -0.15) is 5.10 Å². The van der Waals surface area contributed by atoms with Gasteiger partial charge in [0.1, 0.15) is 34.7 Å². The van der Waals surface area contributed by atoms with E-state index in [0.29, 0.717) is 16.3 Å². The van der Waals surface area contributed by atoms with Crippen LogP contribution in [0.3, 0.4) is 0 Å². The van der Waals surface area contributed by atoms with E-state index in [-0.39, 0.29) is 24.2 Å². The number of rotatable bonds is 10.